The van der Waals surface area contributed by atoms with E-state index in [-0.39, 0.29) is 36.2 Å². The summed E-state index contributed by atoms with van der Waals surface area (Å²) in [6, 6.07) is 5.89. The van der Waals surface area contributed by atoms with Crippen molar-refractivity contribution in [2.75, 3.05) is 13.2 Å². The van der Waals surface area contributed by atoms with Gasteiger partial charge in [-0.2, -0.15) is 26.3 Å². The van der Waals surface area contributed by atoms with E-state index in [0.29, 0.717) is 24.3 Å². The first-order valence-electron chi connectivity index (χ1n) is 10.8. The normalized spacial score (nSPS) is 12.7. The van der Waals surface area contributed by atoms with E-state index in [1.54, 1.807) is 27.7 Å². The van der Waals surface area contributed by atoms with Crippen molar-refractivity contribution in [1.29, 1.82) is 0 Å². The summed E-state index contributed by atoms with van der Waals surface area (Å²) in [5.74, 6) is -1.74. The van der Waals surface area contributed by atoms with Crippen molar-refractivity contribution in [1.82, 2.24) is 0 Å². The largest absolute Gasteiger partial charge is 0.462 e. The van der Waals surface area contributed by atoms with Gasteiger partial charge in [-0.15, -0.1) is 0 Å². The lowest BCUT2D eigenvalue weighted by atomic mass is 9.72. The first kappa shape index (κ1) is 28.2. The van der Waals surface area contributed by atoms with Crippen LogP contribution in [0.3, 0.4) is 0 Å². The number of esters is 2. The first-order valence-corrected chi connectivity index (χ1v) is 10.8. The van der Waals surface area contributed by atoms with Gasteiger partial charge in [0.05, 0.1) is 24.3 Å². The standard InChI is InChI=1S/C25H26F6O4/c1-15(2)13-34-21(32)17-5-9-19(10-6-17)23(24(26,27)28,25(29,30)31)20-11-7-18(8-12-20)22(33)35-14-16(3)4/h5-12,15-16H,13-14H2,1-4H3. The van der Waals surface area contributed by atoms with Gasteiger partial charge in [0.2, 0.25) is 5.41 Å². The minimum atomic E-state index is -5.80. The topological polar surface area (TPSA) is 52.6 Å². The van der Waals surface area contributed by atoms with Crippen LogP contribution in [0.1, 0.15) is 59.5 Å². The number of benzene rings is 2. The number of hydrogen-bond donors (Lipinski definition) is 0. The predicted molar refractivity (Wildman–Crippen MR) is 116 cm³/mol. The summed E-state index contributed by atoms with van der Waals surface area (Å²) in [4.78, 5) is 24.1. The highest BCUT2D eigenvalue weighted by Crippen LogP contribution is 2.56. The highest BCUT2D eigenvalue weighted by atomic mass is 19.4. The fraction of sp³-hybridized carbons (Fsp3) is 0.440. The van der Waals surface area contributed by atoms with Crippen molar-refractivity contribution >= 4 is 11.9 Å². The molecule has 0 aromatic heterocycles. The molecule has 0 aliphatic rings. The smallest absolute Gasteiger partial charge is 0.411 e. The first-order chi connectivity index (χ1) is 16.1. The molecule has 2 aromatic rings. The number of carbonyl (C=O) groups is 2. The van der Waals surface area contributed by atoms with Crippen LogP contribution < -0.4 is 0 Å². The van der Waals surface area contributed by atoms with Crippen LogP contribution in [0.25, 0.3) is 0 Å². The van der Waals surface area contributed by atoms with Crippen molar-refractivity contribution < 1.29 is 45.4 Å². The van der Waals surface area contributed by atoms with E-state index in [4.69, 9.17) is 9.47 Å². The minimum absolute atomic E-state index is 0.00745. The van der Waals surface area contributed by atoms with Crippen LogP contribution in [0.4, 0.5) is 26.3 Å². The number of alkyl halides is 6. The molecule has 2 rings (SSSR count). The molecule has 0 N–H and O–H groups in total. The molecule has 0 amide bonds. The molecule has 0 atom stereocenters. The van der Waals surface area contributed by atoms with Gasteiger partial charge in [0, 0.05) is 0 Å². The van der Waals surface area contributed by atoms with E-state index in [1.165, 1.54) is 0 Å². The van der Waals surface area contributed by atoms with Gasteiger partial charge in [0.1, 0.15) is 0 Å². The third kappa shape index (κ3) is 6.15. The number of carbonyl (C=O) groups excluding carboxylic acids is 2. The fourth-order valence-electron chi connectivity index (χ4n) is 3.35. The molecule has 0 saturated carbocycles. The van der Waals surface area contributed by atoms with Gasteiger partial charge in [0.25, 0.3) is 0 Å². The molecule has 0 bridgehead atoms. The number of hydrogen-bond acceptors (Lipinski definition) is 4. The zero-order chi connectivity index (χ0) is 26.6. The van der Waals surface area contributed by atoms with Crippen LogP contribution in [-0.4, -0.2) is 37.5 Å². The van der Waals surface area contributed by atoms with E-state index in [0.717, 1.165) is 24.3 Å². The zero-order valence-corrected chi connectivity index (χ0v) is 19.6. The summed E-state index contributed by atoms with van der Waals surface area (Å²) in [5.41, 5.74) is -7.03. The van der Waals surface area contributed by atoms with Crippen LogP contribution in [0, 0.1) is 11.8 Å². The Labute approximate surface area is 199 Å². The zero-order valence-electron chi connectivity index (χ0n) is 19.6. The van der Waals surface area contributed by atoms with Crippen LogP contribution in [-0.2, 0) is 14.9 Å². The molecule has 192 valence electrons. The van der Waals surface area contributed by atoms with Crippen LogP contribution >= 0.6 is 0 Å². The van der Waals surface area contributed by atoms with E-state index in [2.05, 4.69) is 0 Å². The molecule has 0 saturated heterocycles. The Hall–Kier alpha value is -3.04. The second-order valence-corrected chi connectivity index (χ2v) is 8.88. The molecular formula is C25H26F6O4. The van der Waals surface area contributed by atoms with E-state index < -0.39 is 40.8 Å². The van der Waals surface area contributed by atoms with Gasteiger partial charge < -0.3 is 9.47 Å². The van der Waals surface area contributed by atoms with Crippen LogP contribution in [0.5, 0.6) is 0 Å². The highest BCUT2D eigenvalue weighted by Gasteiger charge is 2.72. The maximum Gasteiger partial charge on any atom is 0.411 e. The Morgan fingerprint density at radius 1 is 0.629 bits per heavy atom. The van der Waals surface area contributed by atoms with Gasteiger partial charge >= 0.3 is 24.3 Å². The second-order valence-electron chi connectivity index (χ2n) is 8.88. The maximum absolute atomic E-state index is 14.3. The van der Waals surface area contributed by atoms with Crippen molar-refractivity contribution in [2.45, 2.75) is 45.5 Å². The van der Waals surface area contributed by atoms with Crippen molar-refractivity contribution in [3.8, 4) is 0 Å². The summed E-state index contributed by atoms with van der Waals surface area (Å²) in [5, 5.41) is 0. The van der Waals surface area contributed by atoms with Gasteiger partial charge in [-0.25, -0.2) is 9.59 Å². The molecule has 0 spiro atoms. The Balaban J connectivity index is 2.55. The molecular weight excluding hydrogens is 478 g/mol. The Kier molecular flexibility index (Phi) is 8.62. The average Bonchev–Trinajstić information content (AvgIpc) is 2.75. The predicted octanol–water partition coefficient (Wildman–Crippen LogP) is 6.72. The van der Waals surface area contributed by atoms with Crippen molar-refractivity contribution in [3.05, 3.63) is 70.8 Å². The molecule has 0 fully saturated rings. The maximum atomic E-state index is 14.3. The highest BCUT2D eigenvalue weighted by molar-refractivity contribution is 5.90. The summed E-state index contributed by atoms with van der Waals surface area (Å²) >= 11 is 0. The third-order valence-electron chi connectivity index (χ3n) is 5.05. The summed E-state index contributed by atoms with van der Waals surface area (Å²) in [6.45, 7) is 7.17. The molecule has 0 heterocycles. The second kappa shape index (κ2) is 10.7. The van der Waals surface area contributed by atoms with E-state index in [9.17, 15) is 35.9 Å². The number of ether oxygens (including phenoxy) is 2. The quantitative estimate of drug-likeness (QED) is 0.296. The summed E-state index contributed by atoms with van der Waals surface area (Å²) < 4.78 is 95.6. The monoisotopic (exact) mass is 504 g/mol. The number of rotatable bonds is 8. The van der Waals surface area contributed by atoms with Crippen LogP contribution in [0.15, 0.2) is 48.5 Å². The van der Waals surface area contributed by atoms with Crippen LogP contribution in [0.2, 0.25) is 0 Å². The SMILES string of the molecule is CC(C)COC(=O)c1ccc(C(c2ccc(C(=O)OCC(C)C)cc2)(C(F)(F)F)C(F)(F)F)cc1. The van der Waals surface area contributed by atoms with E-state index in [1.807, 2.05) is 0 Å². The molecule has 2 aromatic carbocycles. The third-order valence-corrected chi connectivity index (χ3v) is 5.05. The van der Waals surface area contributed by atoms with E-state index >= 15 is 0 Å². The van der Waals surface area contributed by atoms with Gasteiger partial charge in [0.15, 0.2) is 0 Å². The molecule has 10 heteroatoms. The van der Waals surface area contributed by atoms with Gasteiger partial charge in [-0.1, -0.05) is 52.0 Å². The number of halogens is 6. The lowest BCUT2D eigenvalue weighted by Crippen LogP contribution is -2.54. The Morgan fingerprint density at radius 3 is 1.14 bits per heavy atom. The molecule has 0 unspecified atom stereocenters. The summed E-state index contributed by atoms with van der Waals surface area (Å²) in [7, 11) is 0. The molecule has 4 nitrogen and oxygen atoms in total. The lowest BCUT2D eigenvalue weighted by Gasteiger charge is -2.38. The van der Waals surface area contributed by atoms with Gasteiger partial charge in [-0.05, 0) is 47.2 Å². The molecule has 0 aliphatic carbocycles. The van der Waals surface area contributed by atoms with Gasteiger partial charge in [-0.3, -0.25) is 0 Å². The lowest BCUT2D eigenvalue weighted by molar-refractivity contribution is -0.288. The molecule has 0 aliphatic heterocycles. The van der Waals surface area contributed by atoms with Crippen molar-refractivity contribution in [2.24, 2.45) is 11.8 Å². The molecule has 0 radical (unpaired) electrons. The Morgan fingerprint density at radius 2 is 0.914 bits per heavy atom. The minimum Gasteiger partial charge on any atom is -0.462 e. The molecule has 35 heavy (non-hydrogen) atoms. The summed E-state index contributed by atoms with van der Waals surface area (Å²) in [6.07, 6.45) is -11.6. The average molecular weight is 504 g/mol. The Bertz CT molecular complexity index is 923. The van der Waals surface area contributed by atoms with Crippen molar-refractivity contribution in [3.63, 3.8) is 0 Å². The fourth-order valence-corrected chi connectivity index (χ4v) is 3.35.